The fraction of sp³-hybridized carbons (Fsp3) is 0.250. The minimum Gasteiger partial charge on any atom is -0.496 e. The molecule has 0 saturated carbocycles. The molecule has 3 aromatic rings. The molecule has 0 radical (unpaired) electrons. The van der Waals surface area contributed by atoms with E-state index in [2.05, 4.69) is 15.6 Å². The summed E-state index contributed by atoms with van der Waals surface area (Å²) in [7, 11) is 3.14. The molecular formula is C20H22N4O4. The summed E-state index contributed by atoms with van der Waals surface area (Å²) in [6.45, 7) is 1.03. The maximum absolute atomic E-state index is 12.7. The molecule has 1 aromatic carbocycles. The number of para-hydroxylation sites is 1. The van der Waals surface area contributed by atoms with Crippen LogP contribution in [0.15, 0.2) is 48.7 Å². The Kier molecular flexibility index (Phi) is 6.23. The Morgan fingerprint density at radius 3 is 2.61 bits per heavy atom. The van der Waals surface area contributed by atoms with E-state index in [1.807, 2.05) is 24.3 Å². The van der Waals surface area contributed by atoms with Crippen LogP contribution in [0, 0.1) is 0 Å². The molecule has 0 aliphatic heterocycles. The zero-order chi connectivity index (χ0) is 19.9. The SMILES string of the molecule is COCCNC(=O)c1nc(C(=O)NCc2ccccc2OC)n2ccccc12. The zero-order valence-electron chi connectivity index (χ0n) is 15.8. The molecule has 2 N–H and O–H groups in total. The van der Waals surface area contributed by atoms with Crippen molar-refractivity contribution in [3.05, 3.63) is 65.7 Å². The molecule has 28 heavy (non-hydrogen) atoms. The van der Waals surface area contributed by atoms with Gasteiger partial charge in [0, 0.05) is 32.0 Å². The van der Waals surface area contributed by atoms with E-state index in [1.54, 1.807) is 43.0 Å². The van der Waals surface area contributed by atoms with E-state index < -0.39 is 0 Å². The number of nitrogens with zero attached hydrogens (tertiary/aromatic N) is 2. The fourth-order valence-corrected chi connectivity index (χ4v) is 2.82. The summed E-state index contributed by atoms with van der Waals surface area (Å²) >= 11 is 0. The van der Waals surface area contributed by atoms with E-state index in [0.717, 1.165) is 5.56 Å². The second-order valence-electron chi connectivity index (χ2n) is 5.98. The van der Waals surface area contributed by atoms with Gasteiger partial charge in [0.2, 0.25) is 5.82 Å². The Morgan fingerprint density at radius 1 is 1.04 bits per heavy atom. The van der Waals surface area contributed by atoms with E-state index in [-0.39, 0.29) is 29.9 Å². The van der Waals surface area contributed by atoms with Gasteiger partial charge in [-0.2, -0.15) is 0 Å². The van der Waals surface area contributed by atoms with Gasteiger partial charge in [0.15, 0.2) is 5.69 Å². The standard InChI is InChI=1S/C20H22N4O4/c1-27-12-10-21-19(25)17-15-8-5-6-11-24(15)18(23-17)20(26)22-13-14-7-3-4-9-16(14)28-2/h3-9,11H,10,12-13H2,1-2H3,(H,21,25)(H,22,26). The molecule has 0 spiro atoms. The molecule has 8 heteroatoms. The number of ether oxygens (including phenoxy) is 2. The van der Waals surface area contributed by atoms with Crippen molar-refractivity contribution in [2.75, 3.05) is 27.4 Å². The Morgan fingerprint density at radius 2 is 1.82 bits per heavy atom. The van der Waals surface area contributed by atoms with Crippen molar-refractivity contribution in [1.82, 2.24) is 20.0 Å². The zero-order valence-corrected chi connectivity index (χ0v) is 15.8. The predicted octanol–water partition coefficient (Wildman–Crippen LogP) is 1.65. The molecule has 0 fully saturated rings. The van der Waals surface area contributed by atoms with Gasteiger partial charge < -0.3 is 20.1 Å². The lowest BCUT2D eigenvalue weighted by molar-refractivity contribution is 0.0934. The van der Waals surface area contributed by atoms with Gasteiger partial charge >= 0.3 is 0 Å². The number of carbonyl (C=O) groups is 2. The highest BCUT2D eigenvalue weighted by Gasteiger charge is 2.21. The average Bonchev–Trinajstić information content (AvgIpc) is 3.12. The number of hydrogen-bond acceptors (Lipinski definition) is 5. The summed E-state index contributed by atoms with van der Waals surface area (Å²) in [5.74, 6) is 0.0870. The highest BCUT2D eigenvalue weighted by Crippen LogP contribution is 2.17. The van der Waals surface area contributed by atoms with Gasteiger partial charge in [0.05, 0.1) is 19.2 Å². The second-order valence-corrected chi connectivity index (χ2v) is 5.98. The molecule has 3 rings (SSSR count). The molecule has 0 aliphatic rings. The van der Waals surface area contributed by atoms with Gasteiger partial charge in [-0.25, -0.2) is 4.98 Å². The highest BCUT2D eigenvalue weighted by molar-refractivity contribution is 6.02. The topological polar surface area (TPSA) is 94.0 Å². The first-order valence-corrected chi connectivity index (χ1v) is 8.80. The number of amides is 2. The van der Waals surface area contributed by atoms with Crippen molar-refractivity contribution >= 4 is 17.3 Å². The molecule has 8 nitrogen and oxygen atoms in total. The summed E-state index contributed by atoms with van der Waals surface area (Å²) < 4.78 is 11.8. The maximum atomic E-state index is 12.7. The summed E-state index contributed by atoms with van der Waals surface area (Å²) in [5.41, 5.74) is 1.59. The Balaban J connectivity index is 1.82. The smallest absolute Gasteiger partial charge is 0.287 e. The quantitative estimate of drug-likeness (QED) is 0.578. The van der Waals surface area contributed by atoms with E-state index >= 15 is 0 Å². The highest BCUT2D eigenvalue weighted by atomic mass is 16.5. The number of imidazole rings is 1. The number of benzene rings is 1. The number of hydrogen-bond donors (Lipinski definition) is 2. The van der Waals surface area contributed by atoms with Crippen LogP contribution in [0.1, 0.15) is 26.7 Å². The average molecular weight is 382 g/mol. The van der Waals surface area contributed by atoms with Gasteiger partial charge in [-0.15, -0.1) is 0 Å². The van der Waals surface area contributed by atoms with Crippen LogP contribution in [-0.2, 0) is 11.3 Å². The molecule has 0 saturated heterocycles. The predicted molar refractivity (Wildman–Crippen MR) is 104 cm³/mol. The molecule has 0 bridgehead atoms. The number of methoxy groups -OCH3 is 2. The summed E-state index contributed by atoms with van der Waals surface area (Å²) in [6, 6.07) is 12.7. The van der Waals surface area contributed by atoms with Crippen molar-refractivity contribution in [1.29, 1.82) is 0 Å². The first-order chi connectivity index (χ1) is 13.7. The van der Waals surface area contributed by atoms with E-state index in [9.17, 15) is 9.59 Å². The number of nitrogens with one attached hydrogen (secondary N) is 2. The van der Waals surface area contributed by atoms with Crippen molar-refractivity contribution in [3.8, 4) is 5.75 Å². The number of carbonyl (C=O) groups excluding carboxylic acids is 2. The van der Waals surface area contributed by atoms with Crippen LogP contribution < -0.4 is 15.4 Å². The molecule has 146 valence electrons. The largest absolute Gasteiger partial charge is 0.496 e. The Bertz CT molecular complexity index is 983. The number of pyridine rings is 1. The molecule has 2 amide bonds. The van der Waals surface area contributed by atoms with Crippen molar-refractivity contribution in [2.24, 2.45) is 0 Å². The van der Waals surface area contributed by atoms with Crippen LogP contribution in [0.2, 0.25) is 0 Å². The van der Waals surface area contributed by atoms with Crippen molar-refractivity contribution in [2.45, 2.75) is 6.54 Å². The van der Waals surface area contributed by atoms with Gasteiger partial charge in [0.1, 0.15) is 5.75 Å². The summed E-state index contributed by atoms with van der Waals surface area (Å²) in [4.78, 5) is 29.5. The third kappa shape index (κ3) is 4.12. The molecule has 2 heterocycles. The van der Waals surface area contributed by atoms with Gasteiger partial charge in [-0.1, -0.05) is 24.3 Å². The normalized spacial score (nSPS) is 10.6. The molecule has 0 unspecified atom stereocenters. The van der Waals surface area contributed by atoms with Crippen LogP contribution >= 0.6 is 0 Å². The first kappa shape index (κ1) is 19.4. The van der Waals surface area contributed by atoms with E-state index in [4.69, 9.17) is 9.47 Å². The van der Waals surface area contributed by atoms with E-state index in [1.165, 1.54) is 0 Å². The fourth-order valence-electron chi connectivity index (χ4n) is 2.82. The lowest BCUT2D eigenvalue weighted by atomic mass is 10.2. The first-order valence-electron chi connectivity index (χ1n) is 8.80. The van der Waals surface area contributed by atoms with Crippen LogP contribution in [-0.4, -0.2) is 48.6 Å². The third-order valence-corrected chi connectivity index (χ3v) is 4.19. The van der Waals surface area contributed by atoms with Crippen LogP contribution in [0.5, 0.6) is 5.75 Å². The van der Waals surface area contributed by atoms with Crippen LogP contribution in [0.3, 0.4) is 0 Å². The molecular weight excluding hydrogens is 360 g/mol. The van der Waals surface area contributed by atoms with E-state index in [0.29, 0.717) is 24.4 Å². The lowest BCUT2D eigenvalue weighted by Crippen LogP contribution is -2.28. The number of aromatic nitrogens is 2. The van der Waals surface area contributed by atoms with Gasteiger partial charge in [-0.05, 0) is 18.2 Å². The van der Waals surface area contributed by atoms with Crippen molar-refractivity contribution in [3.63, 3.8) is 0 Å². The van der Waals surface area contributed by atoms with Gasteiger partial charge in [-0.3, -0.25) is 14.0 Å². The van der Waals surface area contributed by atoms with Crippen LogP contribution in [0.4, 0.5) is 0 Å². The second kappa shape index (κ2) is 9.01. The minimum absolute atomic E-state index is 0.141. The van der Waals surface area contributed by atoms with Gasteiger partial charge in [0.25, 0.3) is 11.8 Å². The number of rotatable bonds is 8. The van der Waals surface area contributed by atoms with Crippen LogP contribution in [0.25, 0.3) is 5.52 Å². The third-order valence-electron chi connectivity index (χ3n) is 4.19. The summed E-state index contributed by atoms with van der Waals surface area (Å²) in [6.07, 6.45) is 1.70. The minimum atomic E-state index is -0.386. The summed E-state index contributed by atoms with van der Waals surface area (Å²) in [5, 5.41) is 5.56. The molecule has 2 aromatic heterocycles. The Labute approximate surface area is 162 Å². The maximum Gasteiger partial charge on any atom is 0.287 e. The Hall–Kier alpha value is -3.39. The van der Waals surface area contributed by atoms with Crippen molar-refractivity contribution < 1.29 is 19.1 Å². The monoisotopic (exact) mass is 382 g/mol. The lowest BCUT2D eigenvalue weighted by Gasteiger charge is -2.09. The molecule has 0 atom stereocenters. The molecule has 0 aliphatic carbocycles. The number of fused-ring (bicyclic) bond motifs is 1.